The van der Waals surface area contributed by atoms with Gasteiger partial charge in [0.25, 0.3) is 5.91 Å². The quantitative estimate of drug-likeness (QED) is 0.259. The van der Waals surface area contributed by atoms with Gasteiger partial charge in [0.1, 0.15) is 0 Å². The van der Waals surface area contributed by atoms with Crippen LogP contribution in [-0.2, 0) is 4.79 Å². The van der Waals surface area contributed by atoms with Gasteiger partial charge in [0.2, 0.25) is 0 Å². The molecule has 1 unspecified atom stereocenters. The number of aliphatic carboxylic acids is 1. The molecule has 0 aromatic heterocycles. The van der Waals surface area contributed by atoms with Crippen molar-refractivity contribution in [3.8, 4) is 0 Å². The molecule has 0 aliphatic rings. The molecule has 0 radical (unpaired) electrons. The van der Waals surface area contributed by atoms with Crippen LogP contribution in [0.5, 0.6) is 0 Å². The monoisotopic (exact) mass is 493 g/mol. The minimum Gasteiger partial charge on any atom is -0.481 e. The molecule has 0 fully saturated rings. The van der Waals surface area contributed by atoms with E-state index in [4.69, 9.17) is 10.1 Å². The molecule has 35 heavy (non-hydrogen) atoms. The third-order valence-electron chi connectivity index (χ3n) is 5.17. The number of amides is 1. The number of aliphatic imine (C=N–C) groups is 1. The van der Waals surface area contributed by atoms with E-state index in [1.165, 1.54) is 18.9 Å². The Hall–Kier alpha value is -3.36. The average Bonchev–Trinajstić information content (AvgIpc) is 2.79. The van der Waals surface area contributed by atoms with Gasteiger partial charge in [-0.3, -0.25) is 14.6 Å². The summed E-state index contributed by atoms with van der Waals surface area (Å²) >= 11 is 0. The molecule has 0 aliphatic heterocycles. The summed E-state index contributed by atoms with van der Waals surface area (Å²) < 4.78 is 38.9. The Morgan fingerprint density at radius 1 is 1.20 bits per heavy atom. The number of alkyl halides is 3. The van der Waals surface area contributed by atoms with E-state index in [0.29, 0.717) is 17.0 Å². The van der Waals surface area contributed by atoms with Gasteiger partial charge in [-0.15, -0.1) is 0 Å². The number of likely N-dealkylation sites (N-methyl/N-ethyl adjacent to an activating group) is 1. The van der Waals surface area contributed by atoms with Crippen LogP contribution < -0.4 is 5.32 Å². The number of rotatable bonds is 13. The third-order valence-corrected chi connectivity index (χ3v) is 5.17. The van der Waals surface area contributed by atoms with E-state index in [2.05, 4.69) is 11.9 Å². The number of hydrogen-bond donors (Lipinski definition) is 2. The standard InChI is InChI=1S/C26H34F3N3O3/c1-6-8-23(20-11-13-21(14-12-20)25(35)30-16-15-24(33)34)31-18(3)9-10-19(4)32(5)17-22(7-2)26(27,28)29/h9-14,17,23H,4,6-8,15-16H2,1-3,5H3,(H,30,35)(H,33,34)/b10-9-,22-17?,31-18?. The lowest BCUT2D eigenvalue weighted by molar-refractivity contribution is -0.136. The summed E-state index contributed by atoms with van der Waals surface area (Å²) in [5, 5.41) is 11.2. The fourth-order valence-corrected chi connectivity index (χ4v) is 3.13. The van der Waals surface area contributed by atoms with Crippen molar-refractivity contribution in [1.82, 2.24) is 10.2 Å². The molecule has 1 amide bonds. The Bertz CT molecular complexity index is 964. The number of benzene rings is 1. The van der Waals surface area contributed by atoms with E-state index in [9.17, 15) is 22.8 Å². The maximum absolute atomic E-state index is 13.0. The molecular weight excluding hydrogens is 459 g/mol. The summed E-state index contributed by atoms with van der Waals surface area (Å²) in [6.07, 6.45) is 1.35. The van der Waals surface area contributed by atoms with Crippen molar-refractivity contribution in [3.05, 3.63) is 71.6 Å². The molecule has 192 valence electrons. The number of carbonyl (C=O) groups is 2. The van der Waals surface area contributed by atoms with Crippen molar-refractivity contribution < 1.29 is 27.9 Å². The van der Waals surface area contributed by atoms with Crippen LogP contribution in [0.1, 0.15) is 68.4 Å². The van der Waals surface area contributed by atoms with Crippen LogP contribution >= 0.6 is 0 Å². The van der Waals surface area contributed by atoms with Crippen molar-refractivity contribution in [1.29, 1.82) is 0 Å². The molecule has 9 heteroatoms. The van der Waals surface area contributed by atoms with Crippen molar-refractivity contribution >= 4 is 17.6 Å². The first kappa shape index (κ1) is 29.7. The van der Waals surface area contributed by atoms with Crippen LogP contribution in [0.2, 0.25) is 0 Å². The van der Waals surface area contributed by atoms with Gasteiger partial charge in [0.05, 0.1) is 12.5 Å². The Morgan fingerprint density at radius 2 is 1.83 bits per heavy atom. The number of halogens is 3. The molecule has 0 heterocycles. The normalized spacial score (nSPS) is 13.6. The largest absolute Gasteiger partial charge is 0.481 e. The minimum atomic E-state index is -4.38. The van der Waals surface area contributed by atoms with Crippen LogP contribution in [0.4, 0.5) is 13.2 Å². The minimum absolute atomic E-state index is 0.0520. The molecule has 0 bridgehead atoms. The second-order valence-corrected chi connectivity index (χ2v) is 8.04. The SMILES string of the molecule is C=C(/C=C\C(C)=NC(CCC)c1ccc(C(=O)NCCC(=O)O)cc1)N(C)C=C(CC)C(F)(F)F. The van der Waals surface area contributed by atoms with Crippen molar-refractivity contribution in [3.63, 3.8) is 0 Å². The number of allylic oxidation sites excluding steroid dienone is 3. The fourth-order valence-electron chi connectivity index (χ4n) is 3.13. The third kappa shape index (κ3) is 10.6. The second-order valence-electron chi connectivity index (χ2n) is 8.04. The van der Waals surface area contributed by atoms with Crippen LogP contribution in [0.15, 0.2) is 65.5 Å². The summed E-state index contributed by atoms with van der Waals surface area (Å²) in [4.78, 5) is 28.8. The lowest BCUT2D eigenvalue weighted by Crippen LogP contribution is -2.25. The van der Waals surface area contributed by atoms with Crippen LogP contribution in [0, 0.1) is 0 Å². The molecule has 0 aliphatic carbocycles. The number of carbonyl (C=O) groups excluding carboxylic acids is 1. The Morgan fingerprint density at radius 3 is 2.34 bits per heavy atom. The summed E-state index contributed by atoms with van der Waals surface area (Å²) in [7, 11) is 1.51. The van der Waals surface area contributed by atoms with Gasteiger partial charge in [-0.25, -0.2) is 0 Å². The van der Waals surface area contributed by atoms with E-state index >= 15 is 0 Å². The van der Waals surface area contributed by atoms with Gasteiger partial charge in [-0.1, -0.05) is 39.0 Å². The molecule has 0 spiro atoms. The van der Waals surface area contributed by atoms with Gasteiger partial charge in [-0.05, 0) is 49.6 Å². The van der Waals surface area contributed by atoms with E-state index in [-0.39, 0.29) is 31.3 Å². The molecular formula is C26H34F3N3O3. The summed E-state index contributed by atoms with van der Waals surface area (Å²) in [5.74, 6) is -1.33. The smallest absolute Gasteiger partial charge is 0.414 e. The zero-order valence-electron chi connectivity index (χ0n) is 20.7. The first-order valence-electron chi connectivity index (χ1n) is 11.4. The number of nitrogens with one attached hydrogen (secondary N) is 1. The summed E-state index contributed by atoms with van der Waals surface area (Å²) in [6, 6.07) is 6.81. The van der Waals surface area contributed by atoms with Crippen LogP contribution in [0.25, 0.3) is 0 Å². The highest BCUT2D eigenvalue weighted by atomic mass is 19.4. The number of carboxylic acids is 1. The number of nitrogens with zero attached hydrogens (tertiary/aromatic N) is 2. The van der Waals surface area contributed by atoms with E-state index in [1.54, 1.807) is 31.2 Å². The fraction of sp³-hybridized carbons (Fsp3) is 0.423. The Labute approximate surface area is 204 Å². The zero-order valence-corrected chi connectivity index (χ0v) is 20.7. The lowest BCUT2D eigenvalue weighted by atomic mass is 10.0. The summed E-state index contributed by atoms with van der Waals surface area (Å²) in [6.45, 7) is 9.17. The van der Waals surface area contributed by atoms with Crippen LogP contribution in [0.3, 0.4) is 0 Å². The molecule has 2 N–H and O–H groups in total. The molecule has 0 saturated heterocycles. The van der Waals surface area contributed by atoms with Crippen molar-refractivity contribution in [2.24, 2.45) is 4.99 Å². The highest BCUT2D eigenvalue weighted by Gasteiger charge is 2.32. The molecule has 6 nitrogen and oxygen atoms in total. The van der Waals surface area contributed by atoms with Gasteiger partial charge in [-0.2, -0.15) is 13.2 Å². The van der Waals surface area contributed by atoms with Gasteiger partial charge < -0.3 is 15.3 Å². The number of carboxylic acid groups (broad SMARTS) is 1. The highest BCUT2D eigenvalue weighted by Crippen LogP contribution is 2.28. The molecule has 0 saturated carbocycles. The topological polar surface area (TPSA) is 82.0 Å². The van der Waals surface area contributed by atoms with Crippen molar-refractivity contribution in [2.75, 3.05) is 13.6 Å². The first-order valence-corrected chi connectivity index (χ1v) is 11.4. The van der Waals surface area contributed by atoms with Gasteiger partial charge in [0.15, 0.2) is 0 Å². The summed E-state index contributed by atoms with van der Waals surface area (Å²) in [5.41, 5.74) is 1.78. The maximum Gasteiger partial charge on any atom is 0.414 e. The van der Waals surface area contributed by atoms with E-state index in [0.717, 1.165) is 24.6 Å². The highest BCUT2D eigenvalue weighted by molar-refractivity contribution is 5.94. The number of hydrogen-bond acceptors (Lipinski definition) is 4. The molecule has 1 aromatic rings. The molecule has 1 atom stereocenters. The van der Waals surface area contributed by atoms with E-state index < -0.39 is 17.7 Å². The molecule has 1 rings (SSSR count). The maximum atomic E-state index is 13.0. The average molecular weight is 494 g/mol. The predicted octanol–water partition coefficient (Wildman–Crippen LogP) is 6.05. The van der Waals surface area contributed by atoms with E-state index in [1.807, 2.05) is 19.1 Å². The first-order chi connectivity index (χ1) is 16.4. The zero-order chi connectivity index (χ0) is 26.6. The van der Waals surface area contributed by atoms with Crippen molar-refractivity contribution in [2.45, 2.75) is 58.7 Å². The predicted molar refractivity (Wildman–Crippen MR) is 132 cm³/mol. The van der Waals surface area contributed by atoms with Gasteiger partial charge >= 0.3 is 12.1 Å². The van der Waals surface area contributed by atoms with Crippen LogP contribution in [-0.4, -0.2) is 47.4 Å². The lowest BCUT2D eigenvalue weighted by Gasteiger charge is -2.18. The second kappa shape index (κ2) is 14.1. The van der Waals surface area contributed by atoms with Gasteiger partial charge in [0, 0.05) is 42.3 Å². The Kier molecular flexibility index (Phi) is 12.0. The Balaban J connectivity index is 2.92. The molecule has 1 aromatic carbocycles.